The number of amides is 1. The number of nitrogens with one attached hydrogen (secondary N) is 2. The molecule has 21 heavy (non-hydrogen) atoms. The van der Waals surface area contributed by atoms with Crippen LogP contribution < -0.4 is 10.6 Å². The van der Waals surface area contributed by atoms with Crippen molar-refractivity contribution in [2.45, 2.75) is 51.2 Å². The predicted octanol–water partition coefficient (Wildman–Crippen LogP) is 2.36. The van der Waals surface area contributed by atoms with E-state index in [1.807, 2.05) is 12.1 Å². The average Bonchev–Trinajstić information content (AvgIpc) is 3.18. The van der Waals surface area contributed by atoms with Crippen LogP contribution in [0.15, 0.2) is 24.3 Å². The minimum absolute atomic E-state index is 0.0188. The molecule has 3 rings (SSSR count). The molecule has 1 aromatic rings. The van der Waals surface area contributed by atoms with Crippen molar-refractivity contribution >= 4 is 11.6 Å². The number of rotatable bonds is 6. The smallest absolute Gasteiger partial charge is 0.221 e. The highest BCUT2D eigenvalue weighted by Gasteiger charge is 2.31. The molecule has 0 bridgehead atoms. The van der Waals surface area contributed by atoms with Crippen molar-refractivity contribution in [2.24, 2.45) is 0 Å². The zero-order chi connectivity index (χ0) is 14.7. The van der Waals surface area contributed by atoms with Crippen LogP contribution in [0.2, 0.25) is 0 Å². The van der Waals surface area contributed by atoms with E-state index in [2.05, 4.69) is 27.7 Å². The van der Waals surface area contributed by atoms with Crippen molar-refractivity contribution in [1.29, 1.82) is 0 Å². The van der Waals surface area contributed by atoms with Crippen molar-refractivity contribution in [2.75, 3.05) is 18.4 Å². The summed E-state index contributed by atoms with van der Waals surface area (Å²) in [6.07, 6.45) is 5.31. The maximum atomic E-state index is 11.0. The number of carbonyl (C=O) groups excluding carboxylic acids is 1. The van der Waals surface area contributed by atoms with Gasteiger partial charge in [-0.2, -0.15) is 0 Å². The lowest BCUT2D eigenvalue weighted by molar-refractivity contribution is -0.114. The normalized spacial score (nSPS) is 21.7. The van der Waals surface area contributed by atoms with E-state index in [1.54, 1.807) is 0 Å². The van der Waals surface area contributed by atoms with Crippen LogP contribution in [0, 0.1) is 0 Å². The van der Waals surface area contributed by atoms with E-state index in [0.29, 0.717) is 6.04 Å². The van der Waals surface area contributed by atoms with Crippen molar-refractivity contribution in [1.82, 2.24) is 10.2 Å². The topological polar surface area (TPSA) is 44.4 Å². The fourth-order valence-corrected chi connectivity index (χ4v) is 3.11. The lowest BCUT2D eigenvalue weighted by atomic mass is 10.1. The summed E-state index contributed by atoms with van der Waals surface area (Å²) >= 11 is 0. The van der Waals surface area contributed by atoms with Crippen LogP contribution >= 0.6 is 0 Å². The van der Waals surface area contributed by atoms with E-state index in [4.69, 9.17) is 0 Å². The van der Waals surface area contributed by atoms with Crippen molar-refractivity contribution in [3.63, 3.8) is 0 Å². The Morgan fingerprint density at radius 3 is 2.62 bits per heavy atom. The molecule has 1 aliphatic carbocycles. The number of hydrogen-bond donors (Lipinski definition) is 2. The van der Waals surface area contributed by atoms with Crippen molar-refractivity contribution in [3.8, 4) is 0 Å². The van der Waals surface area contributed by atoms with Crippen LogP contribution in [-0.2, 0) is 11.3 Å². The Labute approximate surface area is 126 Å². The fourth-order valence-electron chi connectivity index (χ4n) is 3.11. The maximum absolute atomic E-state index is 11.0. The molecule has 4 heteroatoms. The number of anilines is 1. The first kappa shape index (κ1) is 14.5. The Hall–Kier alpha value is -1.39. The third kappa shape index (κ3) is 4.29. The standard InChI is InChI=1S/C17H25N3O/c1-13(21)19-15-6-4-14(5-7-15)11-20(17-8-9-17)12-16-3-2-10-18-16/h4-7,16-18H,2-3,8-12H2,1H3,(H,19,21). The van der Waals surface area contributed by atoms with Gasteiger partial charge in [0.25, 0.3) is 0 Å². The fraction of sp³-hybridized carbons (Fsp3) is 0.588. The summed E-state index contributed by atoms with van der Waals surface area (Å²) in [7, 11) is 0. The largest absolute Gasteiger partial charge is 0.326 e. The Balaban J connectivity index is 1.58. The molecule has 1 amide bonds. The third-order valence-electron chi connectivity index (χ3n) is 4.34. The highest BCUT2D eigenvalue weighted by atomic mass is 16.1. The second-order valence-corrected chi connectivity index (χ2v) is 6.33. The molecular formula is C17H25N3O. The molecule has 1 unspecified atom stereocenters. The van der Waals surface area contributed by atoms with Gasteiger partial charge in [-0.3, -0.25) is 9.69 Å². The number of nitrogens with zero attached hydrogens (tertiary/aromatic N) is 1. The third-order valence-corrected chi connectivity index (χ3v) is 4.34. The molecule has 1 saturated carbocycles. The Kier molecular flexibility index (Phi) is 4.56. The first-order valence-corrected chi connectivity index (χ1v) is 8.04. The highest BCUT2D eigenvalue weighted by Crippen LogP contribution is 2.29. The first-order valence-electron chi connectivity index (χ1n) is 8.04. The number of carbonyl (C=O) groups is 1. The summed E-state index contributed by atoms with van der Waals surface area (Å²) in [5, 5.41) is 6.41. The highest BCUT2D eigenvalue weighted by molar-refractivity contribution is 5.88. The summed E-state index contributed by atoms with van der Waals surface area (Å²) < 4.78 is 0. The molecule has 1 heterocycles. The van der Waals surface area contributed by atoms with Gasteiger partial charge in [-0.15, -0.1) is 0 Å². The molecule has 0 spiro atoms. The molecule has 1 aliphatic heterocycles. The van der Waals surface area contributed by atoms with E-state index < -0.39 is 0 Å². The molecule has 1 atom stereocenters. The van der Waals surface area contributed by atoms with E-state index in [-0.39, 0.29) is 5.91 Å². The first-order chi connectivity index (χ1) is 10.2. The molecule has 4 nitrogen and oxygen atoms in total. The van der Waals surface area contributed by atoms with E-state index in [1.165, 1.54) is 44.7 Å². The second kappa shape index (κ2) is 6.58. The van der Waals surface area contributed by atoms with E-state index >= 15 is 0 Å². The minimum atomic E-state index is -0.0188. The summed E-state index contributed by atoms with van der Waals surface area (Å²) in [6, 6.07) is 9.70. The Bertz CT molecular complexity index is 475. The van der Waals surface area contributed by atoms with Crippen molar-refractivity contribution < 1.29 is 4.79 Å². The summed E-state index contributed by atoms with van der Waals surface area (Å²) in [4.78, 5) is 13.7. The van der Waals surface area contributed by atoms with Crippen LogP contribution in [0.4, 0.5) is 5.69 Å². The number of hydrogen-bond acceptors (Lipinski definition) is 3. The molecule has 1 saturated heterocycles. The van der Waals surface area contributed by atoms with Gasteiger partial charge in [-0.05, 0) is 49.9 Å². The van der Waals surface area contributed by atoms with Crippen molar-refractivity contribution in [3.05, 3.63) is 29.8 Å². The van der Waals surface area contributed by atoms with Gasteiger partial charge < -0.3 is 10.6 Å². The Morgan fingerprint density at radius 2 is 2.05 bits per heavy atom. The molecule has 114 valence electrons. The monoisotopic (exact) mass is 287 g/mol. The van der Waals surface area contributed by atoms with Gasteiger partial charge >= 0.3 is 0 Å². The second-order valence-electron chi connectivity index (χ2n) is 6.33. The molecule has 0 aromatic heterocycles. The summed E-state index contributed by atoms with van der Waals surface area (Å²) in [6.45, 7) is 4.90. The predicted molar refractivity (Wildman–Crippen MR) is 85.2 cm³/mol. The summed E-state index contributed by atoms with van der Waals surface area (Å²) in [5.74, 6) is -0.0188. The molecule has 1 aromatic carbocycles. The van der Waals surface area contributed by atoms with Crippen LogP contribution in [0.3, 0.4) is 0 Å². The van der Waals surface area contributed by atoms with Gasteiger partial charge in [0.1, 0.15) is 0 Å². The molecule has 2 fully saturated rings. The average molecular weight is 287 g/mol. The molecular weight excluding hydrogens is 262 g/mol. The summed E-state index contributed by atoms with van der Waals surface area (Å²) in [5.41, 5.74) is 2.20. The van der Waals surface area contributed by atoms with Gasteiger partial charge in [-0.25, -0.2) is 0 Å². The van der Waals surface area contributed by atoms with Gasteiger partial charge in [-0.1, -0.05) is 12.1 Å². The molecule has 2 N–H and O–H groups in total. The van der Waals surface area contributed by atoms with Gasteiger partial charge in [0, 0.05) is 37.8 Å². The van der Waals surface area contributed by atoms with Gasteiger partial charge in [0.2, 0.25) is 5.91 Å². The SMILES string of the molecule is CC(=O)Nc1ccc(CN(CC2CCCN2)C2CC2)cc1. The van der Waals surface area contributed by atoms with E-state index in [0.717, 1.165) is 24.8 Å². The lowest BCUT2D eigenvalue weighted by Crippen LogP contribution is -2.38. The zero-order valence-electron chi connectivity index (χ0n) is 12.8. The Morgan fingerprint density at radius 1 is 1.29 bits per heavy atom. The van der Waals surface area contributed by atoms with Crippen LogP contribution in [0.25, 0.3) is 0 Å². The zero-order valence-corrected chi connectivity index (χ0v) is 12.8. The maximum Gasteiger partial charge on any atom is 0.221 e. The molecule has 2 aliphatic rings. The van der Waals surface area contributed by atoms with Gasteiger partial charge in [0.15, 0.2) is 0 Å². The van der Waals surface area contributed by atoms with Gasteiger partial charge in [0.05, 0.1) is 0 Å². The quantitative estimate of drug-likeness (QED) is 0.844. The van der Waals surface area contributed by atoms with Crippen LogP contribution in [0.5, 0.6) is 0 Å². The number of benzene rings is 1. The minimum Gasteiger partial charge on any atom is -0.326 e. The van der Waals surface area contributed by atoms with E-state index in [9.17, 15) is 4.79 Å². The van der Waals surface area contributed by atoms with Crippen LogP contribution in [0.1, 0.15) is 38.2 Å². The lowest BCUT2D eigenvalue weighted by Gasteiger charge is -2.25. The molecule has 0 radical (unpaired) electrons. The van der Waals surface area contributed by atoms with Crippen LogP contribution in [-0.4, -0.2) is 36.0 Å².